The molecule has 0 amide bonds. The number of carbonyl (C=O) groups is 1. The first-order chi connectivity index (χ1) is 8.22. The van der Waals surface area contributed by atoms with E-state index in [0.717, 1.165) is 6.42 Å². The van der Waals surface area contributed by atoms with Gasteiger partial charge in [-0.1, -0.05) is 25.2 Å². The molecule has 88 valence electrons. The number of aromatic nitrogens is 2. The summed E-state index contributed by atoms with van der Waals surface area (Å²) in [6.45, 7) is 4.00. The van der Waals surface area contributed by atoms with Crippen LogP contribution in [0, 0.1) is 11.3 Å². The molecular weight excluding hydrogens is 214 g/mol. The number of carbonyl (C=O) groups excluding carboxylic acids is 1. The quantitative estimate of drug-likeness (QED) is 0.574. The van der Waals surface area contributed by atoms with Gasteiger partial charge in [-0.2, -0.15) is 5.26 Å². The summed E-state index contributed by atoms with van der Waals surface area (Å²) in [5.41, 5.74) is 1.07. The molecule has 0 aromatic carbocycles. The molecule has 0 N–H and O–H groups in total. The number of nitrogens with zero attached hydrogens (tertiary/aromatic N) is 3. The maximum Gasteiger partial charge on any atom is 0.182 e. The molecule has 0 radical (unpaired) electrons. The molecule has 1 heterocycles. The first-order valence-electron chi connectivity index (χ1n) is 5.49. The lowest BCUT2D eigenvalue weighted by Crippen LogP contribution is -2.12. The number of imidazole rings is 1. The maximum absolute atomic E-state index is 12.0. The summed E-state index contributed by atoms with van der Waals surface area (Å²) in [7, 11) is 0. The van der Waals surface area contributed by atoms with Crippen LogP contribution in [0.25, 0.3) is 0 Å². The zero-order valence-corrected chi connectivity index (χ0v) is 10.1. The van der Waals surface area contributed by atoms with Crippen molar-refractivity contribution in [3.63, 3.8) is 0 Å². The molecule has 1 aromatic heterocycles. The number of Topliss-reactive ketones (excluding diaryl/α,β-unsaturated/α-hetero) is 1. The topological polar surface area (TPSA) is 58.7 Å². The zero-order valence-electron chi connectivity index (χ0n) is 10.1. The SMILES string of the molecule is C/C=C\C(=C/CC)C(=O)Cn1cncc1C#N. The van der Waals surface area contributed by atoms with Gasteiger partial charge in [0.05, 0.1) is 19.1 Å². The highest BCUT2D eigenvalue weighted by Gasteiger charge is 2.09. The molecule has 0 spiro atoms. The minimum atomic E-state index is -0.0144. The first-order valence-corrected chi connectivity index (χ1v) is 5.49. The smallest absolute Gasteiger partial charge is 0.182 e. The van der Waals surface area contributed by atoms with Gasteiger partial charge in [-0.3, -0.25) is 4.79 Å². The summed E-state index contributed by atoms with van der Waals surface area (Å²) in [6, 6.07) is 1.99. The largest absolute Gasteiger partial charge is 0.315 e. The molecule has 17 heavy (non-hydrogen) atoms. The van der Waals surface area contributed by atoms with Gasteiger partial charge in [0.1, 0.15) is 11.8 Å². The van der Waals surface area contributed by atoms with Crippen molar-refractivity contribution in [1.82, 2.24) is 9.55 Å². The van der Waals surface area contributed by atoms with Crippen LogP contribution in [0.15, 0.2) is 36.3 Å². The van der Waals surface area contributed by atoms with E-state index in [1.807, 2.05) is 32.1 Å². The molecule has 0 unspecified atom stereocenters. The van der Waals surface area contributed by atoms with Gasteiger partial charge in [-0.25, -0.2) is 4.98 Å². The van der Waals surface area contributed by atoms with E-state index in [1.54, 1.807) is 10.6 Å². The van der Waals surface area contributed by atoms with Gasteiger partial charge in [0.25, 0.3) is 0 Å². The van der Waals surface area contributed by atoms with Crippen molar-refractivity contribution in [2.75, 3.05) is 0 Å². The van der Waals surface area contributed by atoms with Crippen molar-refractivity contribution in [2.45, 2.75) is 26.8 Å². The van der Waals surface area contributed by atoms with E-state index in [-0.39, 0.29) is 12.3 Å². The second kappa shape index (κ2) is 6.44. The summed E-state index contributed by atoms with van der Waals surface area (Å²) < 4.78 is 1.55. The maximum atomic E-state index is 12.0. The third-order valence-electron chi connectivity index (χ3n) is 2.23. The number of rotatable bonds is 5. The van der Waals surface area contributed by atoms with Gasteiger partial charge in [-0.15, -0.1) is 0 Å². The van der Waals surface area contributed by atoms with Crippen LogP contribution in [-0.2, 0) is 11.3 Å². The van der Waals surface area contributed by atoms with E-state index in [2.05, 4.69) is 4.98 Å². The lowest BCUT2D eigenvalue weighted by Gasteiger charge is -2.04. The van der Waals surface area contributed by atoms with E-state index >= 15 is 0 Å². The molecule has 0 aliphatic heterocycles. The molecule has 4 heteroatoms. The number of allylic oxidation sites excluding steroid dienone is 4. The van der Waals surface area contributed by atoms with E-state index in [4.69, 9.17) is 5.26 Å². The van der Waals surface area contributed by atoms with Crippen LogP contribution >= 0.6 is 0 Å². The molecule has 0 fully saturated rings. The summed E-state index contributed by atoms with van der Waals surface area (Å²) >= 11 is 0. The fraction of sp³-hybridized carbons (Fsp3) is 0.308. The third kappa shape index (κ3) is 3.42. The Hall–Kier alpha value is -2.15. The molecule has 0 atom stereocenters. The van der Waals surface area contributed by atoms with Crippen molar-refractivity contribution in [3.05, 3.63) is 42.0 Å². The van der Waals surface area contributed by atoms with Gasteiger partial charge in [-0.05, 0) is 13.3 Å². The fourth-order valence-corrected chi connectivity index (χ4v) is 1.46. The molecule has 0 saturated carbocycles. The van der Waals surface area contributed by atoms with Crippen molar-refractivity contribution in [1.29, 1.82) is 5.26 Å². The number of hydrogen-bond donors (Lipinski definition) is 0. The molecule has 0 aliphatic carbocycles. The highest BCUT2D eigenvalue weighted by atomic mass is 16.1. The zero-order chi connectivity index (χ0) is 12.7. The Kier molecular flexibility index (Phi) is 4.89. The molecule has 1 aromatic rings. The monoisotopic (exact) mass is 229 g/mol. The fourth-order valence-electron chi connectivity index (χ4n) is 1.46. The van der Waals surface area contributed by atoms with Crippen LogP contribution in [0.5, 0.6) is 0 Å². The highest BCUT2D eigenvalue weighted by molar-refractivity contribution is 5.97. The Bertz CT molecular complexity index is 489. The Balaban J connectivity index is 2.85. The Morgan fingerprint density at radius 2 is 2.41 bits per heavy atom. The number of hydrogen-bond acceptors (Lipinski definition) is 3. The summed E-state index contributed by atoms with van der Waals surface area (Å²) in [5.74, 6) is -0.0144. The van der Waals surface area contributed by atoms with Crippen molar-refractivity contribution in [2.24, 2.45) is 0 Å². The number of nitriles is 1. The van der Waals surface area contributed by atoms with Crippen molar-refractivity contribution in [3.8, 4) is 6.07 Å². The lowest BCUT2D eigenvalue weighted by molar-refractivity contribution is -0.115. The Morgan fingerprint density at radius 3 is 3.00 bits per heavy atom. The predicted octanol–water partition coefficient (Wildman–Crippen LogP) is 2.24. The molecule has 1 rings (SSSR count). The normalized spacial score (nSPS) is 11.7. The first kappa shape index (κ1) is 12.9. The summed E-state index contributed by atoms with van der Waals surface area (Å²) in [6.07, 6.45) is 9.25. The van der Waals surface area contributed by atoms with Crippen LogP contribution in [0.4, 0.5) is 0 Å². The van der Waals surface area contributed by atoms with Gasteiger partial charge >= 0.3 is 0 Å². The minimum absolute atomic E-state index is 0.0144. The minimum Gasteiger partial charge on any atom is -0.315 e. The van der Waals surface area contributed by atoms with Crippen molar-refractivity contribution < 1.29 is 4.79 Å². The van der Waals surface area contributed by atoms with Crippen LogP contribution in [0.2, 0.25) is 0 Å². The second-order valence-electron chi connectivity index (χ2n) is 3.51. The Labute approximate surface area is 101 Å². The summed E-state index contributed by atoms with van der Waals surface area (Å²) in [4.78, 5) is 15.8. The standard InChI is InChI=1S/C13H15N3O/c1-3-5-11(6-4-2)13(17)9-16-10-15-8-12(16)7-14/h3,5-6,8,10H,4,9H2,1-2H3/b5-3-,11-6+. The van der Waals surface area contributed by atoms with Crippen molar-refractivity contribution >= 4 is 5.78 Å². The highest BCUT2D eigenvalue weighted by Crippen LogP contribution is 2.05. The van der Waals surface area contributed by atoms with Gasteiger partial charge < -0.3 is 4.57 Å². The van der Waals surface area contributed by atoms with E-state index < -0.39 is 0 Å². The van der Waals surface area contributed by atoms with Crippen LogP contribution in [0.1, 0.15) is 26.0 Å². The van der Waals surface area contributed by atoms with E-state index in [1.165, 1.54) is 12.5 Å². The number of ketones is 1. The van der Waals surface area contributed by atoms with E-state index in [0.29, 0.717) is 11.3 Å². The van der Waals surface area contributed by atoms with Crippen LogP contribution in [0.3, 0.4) is 0 Å². The molecule has 0 saturated heterocycles. The molecular formula is C13H15N3O. The van der Waals surface area contributed by atoms with Crippen LogP contribution < -0.4 is 0 Å². The molecule has 0 bridgehead atoms. The lowest BCUT2D eigenvalue weighted by atomic mass is 10.1. The van der Waals surface area contributed by atoms with Gasteiger partial charge in [0, 0.05) is 5.57 Å². The molecule has 0 aliphatic rings. The average molecular weight is 229 g/mol. The van der Waals surface area contributed by atoms with E-state index in [9.17, 15) is 4.79 Å². The summed E-state index contributed by atoms with van der Waals surface area (Å²) in [5, 5.41) is 8.81. The molecule has 4 nitrogen and oxygen atoms in total. The van der Waals surface area contributed by atoms with Crippen LogP contribution in [-0.4, -0.2) is 15.3 Å². The van der Waals surface area contributed by atoms with Gasteiger partial charge in [0.2, 0.25) is 0 Å². The Morgan fingerprint density at radius 1 is 1.65 bits per heavy atom. The average Bonchev–Trinajstić information content (AvgIpc) is 2.76. The third-order valence-corrected chi connectivity index (χ3v) is 2.23. The second-order valence-corrected chi connectivity index (χ2v) is 3.51. The predicted molar refractivity (Wildman–Crippen MR) is 65.1 cm³/mol. The van der Waals surface area contributed by atoms with Gasteiger partial charge in [0.15, 0.2) is 5.78 Å².